The van der Waals surface area contributed by atoms with Gasteiger partial charge in [0, 0.05) is 36.6 Å². The second-order valence-corrected chi connectivity index (χ2v) is 7.83. The molecule has 1 aliphatic heterocycles. The first-order valence-corrected chi connectivity index (χ1v) is 10.0. The molecule has 0 saturated heterocycles. The van der Waals surface area contributed by atoms with Crippen molar-refractivity contribution in [1.29, 1.82) is 0 Å². The first-order chi connectivity index (χ1) is 12.6. The largest absolute Gasteiger partial charge is 0.353 e. The molecule has 3 rings (SSSR count). The fraction of sp³-hybridized carbons (Fsp3) is 0.789. The summed E-state index contributed by atoms with van der Waals surface area (Å²) in [6.07, 6.45) is 10.4. The van der Waals surface area contributed by atoms with Crippen molar-refractivity contribution in [2.45, 2.75) is 89.1 Å². The average Bonchev–Trinajstić information content (AvgIpc) is 3.11. The zero-order valence-corrected chi connectivity index (χ0v) is 15.4. The Balaban J connectivity index is 1.35. The first kappa shape index (κ1) is 18.9. The molecule has 0 radical (unpaired) electrons. The molecule has 3 N–H and O–H groups in total. The molecule has 2 fully saturated rings. The lowest BCUT2D eigenvalue weighted by Crippen LogP contribution is -2.40. The van der Waals surface area contributed by atoms with E-state index in [4.69, 9.17) is 0 Å². The number of hydrogen-bond donors (Lipinski definition) is 3. The Morgan fingerprint density at radius 1 is 1.00 bits per heavy atom. The van der Waals surface area contributed by atoms with Crippen LogP contribution in [0.25, 0.3) is 0 Å². The van der Waals surface area contributed by atoms with Gasteiger partial charge in [-0.25, -0.2) is 5.43 Å². The minimum absolute atomic E-state index is 0.00272. The Bertz CT molecular complexity index is 569. The highest BCUT2D eigenvalue weighted by Gasteiger charge is 2.31. The monoisotopic (exact) mass is 362 g/mol. The summed E-state index contributed by atoms with van der Waals surface area (Å²) in [5.74, 6) is 0.130. The highest BCUT2D eigenvalue weighted by Crippen LogP contribution is 2.27. The van der Waals surface area contributed by atoms with Crippen molar-refractivity contribution < 1.29 is 14.4 Å². The molecule has 0 aromatic heterocycles. The van der Waals surface area contributed by atoms with Gasteiger partial charge in [-0.05, 0) is 44.9 Å². The molecular formula is C19H30N4O3. The molecule has 3 amide bonds. The van der Waals surface area contributed by atoms with Crippen molar-refractivity contribution in [1.82, 2.24) is 16.1 Å². The van der Waals surface area contributed by atoms with E-state index in [-0.39, 0.29) is 29.7 Å². The lowest BCUT2D eigenvalue weighted by Gasteiger charge is -2.24. The number of rotatable bonds is 6. The summed E-state index contributed by atoms with van der Waals surface area (Å²) in [5, 5.41) is 10.2. The fourth-order valence-electron chi connectivity index (χ4n) is 4.17. The van der Waals surface area contributed by atoms with Gasteiger partial charge in [-0.1, -0.05) is 19.3 Å². The predicted octanol–water partition coefficient (Wildman–Crippen LogP) is 1.77. The molecule has 0 unspecified atom stereocenters. The minimum Gasteiger partial charge on any atom is -0.353 e. The molecule has 2 aliphatic carbocycles. The van der Waals surface area contributed by atoms with E-state index in [0.29, 0.717) is 31.7 Å². The van der Waals surface area contributed by atoms with Gasteiger partial charge in [0.25, 0.3) is 0 Å². The Kier molecular flexibility index (Phi) is 6.63. The van der Waals surface area contributed by atoms with Gasteiger partial charge in [0.2, 0.25) is 17.7 Å². The highest BCUT2D eigenvalue weighted by molar-refractivity contribution is 5.94. The van der Waals surface area contributed by atoms with Gasteiger partial charge in [0.1, 0.15) is 0 Å². The predicted molar refractivity (Wildman–Crippen MR) is 98.3 cm³/mol. The van der Waals surface area contributed by atoms with Crippen molar-refractivity contribution in [2.24, 2.45) is 11.0 Å². The fourth-order valence-corrected chi connectivity index (χ4v) is 4.17. The molecule has 0 bridgehead atoms. The molecule has 7 heteroatoms. The topological polar surface area (TPSA) is 99.7 Å². The van der Waals surface area contributed by atoms with Crippen LogP contribution in [-0.2, 0) is 14.4 Å². The Morgan fingerprint density at radius 2 is 1.81 bits per heavy atom. The molecule has 0 spiro atoms. The van der Waals surface area contributed by atoms with Gasteiger partial charge in [-0.15, -0.1) is 0 Å². The van der Waals surface area contributed by atoms with E-state index < -0.39 is 0 Å². The SMILES string of the molecule is O=C1CCC(CCC(=O)N[C@H]2CC[C@@H](C(=O)NC3CCCCC3)C2)=NN1. The number of carbonyl (C=O) groups is 3. The Morgan fingerprint density at radius 3 is 2.54 bits per heavy atom. The standard InChI is InChI=1S/C19H30N4O3/c24-17(10-8-15-9-11-18(25)23-22-15)20-16-7-6-13(12-16)19(26)21-14-4-2-1-3-5-14/h13-14,16H,1-12H2,(H,20,24)(H,21,26)(H,23,25)/t13-,16+/m1/s1. The van der Waals surface area contributed by atoms with Crippen LogP contribution in [0.4, 0.5) is 0 Å². The molecule has 0 aromatic carbocycles. The van der Waals surface area contributed by atoms with E-state index >= 15 is 0 Å². The smallest absolute Gasteiger partial charge is 0.240 e. The molecule has 0 aromatic rings. The maximum Gasteiger partial charge on any atom is 0.240 e. The normalized spacial score (nSPS) is 26.8. The van der Waals surface area contributed by atoms with Gasteiger partial charge in [-0.2, -0.15) is 5.10 Å². The van der Waals surface area contributed by atoms with Crippen LogP contribution in [0.5, 0.6) is 0 Å². The van der Waals surface area contributed by atoms with Gasteiger partial charge >= 0.3 is 0 Å². The van der Waals surface area contributed by atoms with Crippen molar-refractivity contribution in [3.63, 3.8) is 0 Å². The van der Waals surface area contributed by atoms with Crippen molar-refractivity contribution >= 4 is 23.4 Å². The van der Waals surface area contributed by atoms with E-state index in [1.54, 1.807) is 0 Å². The van der Waals surface area contributed by atoms with E-state index in [1.165, 1.54) is 19.3 Å². The second-order valence-electron chi connectivity index (χ2n) is 7.83. The van der Waals surface area contributed by atoms with Crippen LogP contribution in [0.2, 0.25) is 0 Å². The average molecular weight is 362 g/mol. The zero-order valence-electron chi connectivity index (χ0n) is 15.4. The highest BCUT2D eigenvalue weighted by atomic mass is 16.2. The van der Waals surface area contributed by atoms with Gasteiger partial charge in [-0.3, -0.25) is 14.4 Å². The van der Waals surface area contributed by atoms with Crippen LogP contribution < -0.4 is 16.1 Å². The second kappa shape index (κ2) is 9.14. The number of amides is 3. The van der Waals surface area contributed by atoms with E-state index in [9.17, 15) is 14.4 Å². The number of hydrogen-bond acceptors (Lipinski definition) is 4. The summed E-state index contributed by atoms with van der Waals surface area (Å²) in [7, 11) is 0. The van der Waals surface area contributed by atoms with Crippen LogP contribution in [0, 0.1) is 5.92 Å². The van der Waals surface area contributed by atoms with Crippen molar-refractivity contribution in [3.05, 3.63) is 0 Å². The van der Waals surface area contributed by atoms with Gasteiger partial charge in [0.15, 0.2) is 0 Å². The summed E-state index contributed by atoms with van der Waals surface area (Å²) in [5.41, 5.74) is 3.32. The molecule has 1 heterocycles. The lowest BCUT2D eigenvalue weighted by atomic mass is 9.94. The number of nitrogens with one attached hydrogen (secondary N) is 3. The summed E-state index contributed by atoms with van der Waals surface area (Å²) in [4.78, 5) is 35.6. The third-order valence-corrected chi connectivity index (χ3v) is 5.74. The molecule has 3 aliphatic rings. The lowest BCUT2D eigenvalue weighted by molar-refractivity contribution is -0.126. The van der Waals surface area contributed by atoms with Crippen LogP contribution in [0.3, 0.4) is 0 Å². The Hall–Kier alpha value is -1.92. The Labute approximate surface area is 154 Å². The number of carbonyl (C=O) groups excluding carboxylic acids is 3. The van der Waals surface area contributed by atoms with E-state index in [2.05, 4.69) is 21.2 Å². The molecule has 7 nitrogen and oxygen atoms in total. The van der Waals surface area contributed by atoms with Crippen molar-refractivity contribution in [3.8, 4) is 0 Å². The molecular weight excluding hydrogens is 332 g/mol. The minimum atomic E-state index is -0.0679. The van der Waals surface area contributed by atoms with Crippen molar-refractivity contribution in [2.75, 3.05) is 0 Å². The van der Waals surface area contributed by atoms with Crippen LogP contribution in [0.1, 0.15) is 77.0 Å². The van der Waals surface area contributed by atoms with E-state index in [1.807, 2.05) is 0 Å². The van der Waals surface area contributed by atoms with Crippen LogP contribution in [-0.4, -0.2) is 35.5 Å². The number of nitrogens with zero attached hydrogens (tertiary/aromatic N) is 1. The number of hydrazone groups is 1. The third-order valence-electron chi connectivity index (χ3n) is 5.74. The summed E-state index contributed by atoms with van der Waals surface area (Å²) < 4.78 is 0. The first-order valence-electron chi connectivity index (χ1n) is 10.0. The summed E-state index contributed by atoms with van der Waals surface area (Å²) in [6.45, 7) is 0. The van der Waals surface area contributed by atoms with Crippen LogP contribution in [0.15, 0.2) is 5.10 Å². The molecule has 2 atom stereocenters. The quantitative estimate of drug-likeness (QED) is 0.671. The maximum atomic E-state index is 12.4. The molecule has 144 valence electrons. The maximum absolute atomic E-state index is 12.4. The van der Waals surface area contributed by atoms with E-state index in [0.717, 1.165) is 37.8 Å². The summed E-state index contributed by atoms with van der Waals surface area (Å²) in [6, 6.07) is 0.444. The van der Waals surface area contributed by atoms with Crippen LogP contribution >= 0.6 is 0 Å². The summed E-state index contributed by atoms with van der Waals surface area (Å²) >= 11 is 0. The van der Waals surface area contributed by atoms with Gasteiger partial charge < -0.3 is 10.6 Å². The zero-order chi connectivity index (χ0) is 18.4. The molecule has 2 saturated carbocycles. The van der Waals surface area contributed by atoms with Gasteiger partial charge in [0.05, 0.1) is 0 Å². The molecule has 26 heavy (non-hydrogen) atoms. The third kappa shape index (κ3) is 5.54.